The third-order valence-electron chi connectivity index (χ3n) is 7.16. The van der Waals surface area contributed by atoms with E-state index < -0.39 is 7.49 Å². The first-order valence-electron chi connectivity index (χ1n) is 12.4. The van der Waals surface area contributed by atoms with Gasteiger partial charge in [-0.1, -0.05) is 0 Å². The van der Waals surface area contributed by atoms with E-state index in [1.165, 1.54) is 0 Å². The molecule has 0 radical (unpaired) electrons. The SMILES string of the molecule is Cc1cc(O)c(C(C)C)cc1[PH](O)(c1cc(C(C)C)c(O)cc1C)c1cc(C(C)C)c(O)cc1C. The van der Waals surface area contributed by atoms with Crippen molar-refractivity contribution in [2.45, 2.75) is 80.1 Å². The predicted molar refractivity (Wildman–Crippen MR) is 150 cm³/mol. The molecule has 0 spiro atoms. The fraction of sp³-hybridized carbons (Fsp3) is 0.400. The fourth-order valence-electron chi connectivity index (χ4n) is 5.12. The number of phenolic OH excluding ortho intramolecular Hbond substituents is 3. The van der Waals surface area contributed by atoms with Crippen LogP contribution in [0.5, 0.6) is 17.2 Å². The van der Waals surface area contributed by atoms with Gasteiger partial charge >= 0.3 is 211 Å². The van der Waals surface area contributed by atoms with Gasteiger partial charge in [0.05, 0.1) is 0 Å². The van der Waals surface area contributed by atoms with Gasteiger partial charge in [-0.3, -0.25) is 0 Å². The summed E-state index contributed by atoms with van der Waals surface area (Å²) in [4.78, 5) is 13.1. The maximum atomic E-state index is 13.1. The first-order chi connectivity index (χ1) is 16.2. The van der Waals surface area contributed by atoms with Crippen molar-refractivity contribution < 1.29 is 20.2 Å². The molecule has 0 aliphatic rings. The molecule has 4 N–H and O–H groups in total. The normalized spacial score (nSPS) is 12.7. The van der Waals surface area contributed by atoms with Gasteiger partial charge in [-0.15, -0.1) is 0 Å². The minimum atomic E-state index is -3.65. The zero-order valence-corrected chi connectivity index (χ0v) is 23.5. The van der Waals surface area contributed by atoms with Crippen molar-refractivity contribution in [3.05, 3.63) is 69.8 Å². The van der Waals surface area contributed by atoms with Crippen molar-refractivity contribution in [3.8, 4) is 17.2 Å². The second-order valence-corrected chi connectivity index (χ2v) is 13.9. The van der Waals surface area contributed by atoms with Crippen LogP contribution in [0.4, 0.5) is 0 Å². The topological polar surface area (TPSA) is 80.9 Å². The van der Waals surface area contributed by atoms with Gasteiger partial charge in [0.25, 0.3) is 0 Å². The Morgan fingerprint density at radius 3 is 0.914 bits per heavy atom. The number of benzene rings is 3. The molecule has 0 saturated carbocycles. The number of hydrogen-bond donors (Lipinski definition) is 4. The summed E-state index contributed by atoms with van der Waals surface area (Å²) in [7, 11) is -3.65. The Hall–Kier alpha value is -2.55. The van der Waals surface area contributed by atoms with E-state index in [4.69, 9.17) is 0 Å². The number of phenols is 3. The average Bonchev–Trinajstić information content (AvgIpc) is 2.72. The van der Waals surface area contributed by atoms with E-state index in [-0.39, 0.29) is 35.0 Å². The quantitative estimate of drug-likeness (QED) is 0.314. The number of aryl methyl sites for hydroxylation is 3. The van der Waals surface area contributed by atoms with E-state index in [0.29, 0.717) is 0 Å². The van der Waals surface area contributed by atoms with Gasteiger partial charge in [0, 0.05) is 0 Å². The summed E-state index contributed by atoms with van der Waals surface area (Å²) in [6.07, 6.45) is 0. The van der Waals surface area contributed by atoms with Crippen LogP contribution in [-0.2, 0) is 0 Å². The molecular formula is C30H41O4P. The van der Waals surface area contributed by atoms with Gasteiger partial charge in [-0.25, -0.2) is 0 Å². The van der Waals surface area contributed by atoms with Crippen LogP contribution in [0, 0.1) is 20.8 Å². The summed E-state index contributed by atoms with van der Waals surface area (Å²) in [5, 5.41) is 34.5. The molecule has 0 heterocycles. The van der Waals surface area contributed by atoms with Crippen LogP contribution >= 0.6 is 7.49 Å². The summed E-state index contributed by atoms with van der Waals surface area (Å²) in [6, 6.07) is 11.1. The molecule has 0 atom stereocenters. The molecule has 190 valence electrons. The van der Waals surface area contributed by atoms with E-state index in [2.05, 4.69) is 0 Å². The van der Waals surface area contributed by atoms with E-state index in [1.807, 2.05) is 80.5 Å². The first-order valence-corrected chi connectivity index (χ1v) is 14.4. The molecule has 0 fully saturated rings. The van der Waals surface area contributed by atoms with Crippen molar-refractivity contribution in [1.82, 2.24) is 0 Å². The molecule has 3 rings (SSSR count). The Balaban J connectivity index is 2.54. The van der Waals surface area contributed by atoms with Crippen molar-refractivity contribution in [2.75, 3.05) is 0 Å². The van der Waals surface area contributed by atoms with Crippen LogP contribution < -0.4 is 15.9 Å². The summed E-state index contributed by atoms with van der Waals surface area (Å²) < 4.78 is 0. The molecular weight excluding hydrogens is 455 g/mol. The Bertz CT molecular complexity index is 1100. The van der Waals surface area contributed by atoms with E-state index in [9.17, 15) is 20.2 Å². The van der Waals surface area contributed by atoms with Gasteiger partial charge in [0.2, 0.25) is 0 Å². The van der Waals surface area contributed by atoms with Crippen LogP contribution in [0.15, 0.2) is 36.4 Å². The standard InChI is InChI=1S/C30H41O4P/c1-16(2)22-13-28(19(7)10-25(22)31)35(34,29-14-23(17(3)4)26(32)11-20(29)8)30-15-24(18(5)6)27(33)12-21(30)9/h10-18,31-35H,1-9H3. The monoisotopic (exact) mass is 496 g/mol. The molecule has 3 aromatic rings. The predicted octanol–water partition coefficient (Wildman–Crippen LogP) is 6.03. The van der Waals surface area contributed by atoms with Crippen molar-refractivity contribution in [3.63, 3.8) is 0 Å². The van der Waals surface area contributed by atoms with E-state index in [0.717, 1.165) is 49.3 Å². The molecule has 0 saturated heterocycles. The molecule has 0 unspecified atom stereocenters. The second kappa shape index (κ2) is 9.84. The Morgan fingerprint density at radius 2 is 0.714 bits per heavy atom. The van der Waals surface area contributed by atoms with Crippen LogP contribution in [-0.4, -0.2) is 20.2 Å². The Kier molecular flexibility index (Phi) is 7.60. The van der Waals surface area contributed by atoms with Crippen molar-refractivity contribution >= 4 is 23.4 Å². The second-order valence-electron chi connectivity index (χ2n) is 10.9. The fourth-order valence-corrected chi connectivity index (χ4v) is 9.01. The number of aromatic hydroxyl groups is 3. The van der Waals surface area contributed by atoms with Gasteiger partial charge in [0.1, 0.15) is 0 Å². The number of hydrogen-bond acceptors (Lipinski definition) is 4. The maximum absolute atomic E-state index is 13.1. The van der Waals surface area contributed by atoms with Crippen LogP contribution in [0.25, 0.3) is 0 Å². The average molecular weight is 497 g/mol. The Morgan fingerprint density at radius 1 is 0.486 bits per heavy atom. The van der Waals surface area contributed by atoms with Crippen molar-refractivity contribution in [1.29, 1.82) is 0 Å². The zero-order chi connectivity index (χ0) is 26.4. The zero-order valence-electron chi connectivity index (χ0n) is 22.5. The van der Waals surface area contributed by atoms with Crippen molar-refractivity contribution in [2.24, 2.45) is 0 Å². The molecule has 0 aromatic heterocycles. The van der Waals surface area contributed by atoms with Gasteiger partial charge < -0.3 is 0 Å². The molecule has 5 heteroatoms. The van der Waals surface area contributed by atoms with E-state index in [1.54, 1.807) is 18.2 Å². The molecule has 0 aliphatic carbocycles. The van der Waals surface area contributed by atoms with Gasteiger partial charge in [0.15, 0.2) is 0 Å². The van der Waals surface area contributed by atoms with Crippen LogP contribution in [0.3, 0.4) is 0 Å². The van der Waals surface area contributed by atoms with Gasteiger partial charge in [-0.2, -0.15) is 0 Å². The van der Waals surface area contributed by atoms with E-state index >= 15 is 0 Å². The Labute approximate surface area is 210 Å². The van der Waals surface area contributed by atoms with Gasteiger partial charge in [-0.05, 0) is 0 Å². The summed E-state index contributed by atoms with van der Waals surface area (Å²) in [5.74, 6) is 0.917. The molecule has 0 amide bonds. The summed E-state index contributed by atoms with van der Waals surface area (Å²) in [5.41, 5.74) is 4.82. The minimum absolute atomic E-state index is 0.0758. The third kappa shape index (κ3) is 4.79. The first kappa shape index (κ1) is 27.0. The third-order valence-corrected chi connectivity index (χ3v) is 11.1. The molecule has 0 aliphatic heterocycles. The van der Waals surface area contributed by atoms with Crippen LogP contribution in [0.1, 0.15) is 92.7 Å². The number of rotatable bonds is 6. The summed E-state index contributed by atoms with van der Waals surface area (Å²) in [6.45, 7) is 17.9. The molecule has 4 nitrogen and oxygen atoms in total. The molecule has 3 aromatic carbocycles. The summed E-state index contributed by atoms with van der Waals surface area (Å²) >= 11 is 0. The van der Waals surface area contributed by atoms with Crippen LogP contribution in [0.2, 0.25) is 0 Å². The molecule has 0 bridgehead atoms. The molecule has 35 heavy (non-hydrogen) atoms.